The number of hydrazine groups is 1. The molecule has 1 aromatic carbocycles. The molecule has 1 N–H and O–H groups in total. The lowest BCUT2D eigenvalue weighted by atomic mass is 10.2. The van der Waals surface area contributed by atoms with Crippen molar-refractivity contribution in [2.24, 2.45) is 7.05 Å². The van der Waals surface area contributed by atoms with E-state index < -0.39 is 0 Å². The van der Waals surface area contributed by atoms with Crippen molar-refractivity contribution in [3.63, 3.8) is 0 Å². The number of halogens is 1. The van der Waals surface area contributed by atoms with Crippen LogP contribution in [0.4, 0.5) is 4.39 Å². The topological polar surface area (TPSA) is 68.1 Å². The standard InChI is InChI=1S/C18H17FN6OS/c1-12-8-13(6-7-20-12)16-10-25(23-26-16)11-27-18-22-21-17(24(18)2)14-4-3-5-15(19)9-14/h3-10,23H,11H2,1-2H3. The molecule has 3 heterocycles. The summed E-state index contributed by atoms with van der Waals surface area (Å²) in [5.74, 6) is 1.60. The SMILES string of the molecule is Cc1cc(C2=CN(CSc3nnc(-c4cccc(F)c4)n3C)NO2)ccn1. The van der Waals surface area contributed by atoms with Gasteiger partial charge < -0.3 is 9.40 Å². The maximum absolute atomic E-state index is 13.4. The van der Waals surface area contributed by atoms with Gasteiger partial charge in [-0.3, -0.25) is 9.99 Å². The van der Waals surface area contributed by atoms with Crippen LogP contribution in [-0.2, 0) is 11.9 Å². The molecule has 0 atom stereocenters. The molecule has 0 amide bonds. The highest BCUT2D eigenvalue weighted by Gasteiger charge is 2.18. The molecule has 27 heavy (non-hydrogen) atoms. The third-order valence-corrected chi connectivity index (χ3v) is 5.00. The first kappa shape index (κ1) is 17.5. The molecular weight excluding hydrogens is 367 g/mol. The smallest absolute Gasteiger partial charge is 0.193 e. The molecule has 4 rings (SSSR count). The van der Waals surface area contributed by atoms with Gasteiger partial charge in [-0.2, -0.15) is 0 Å². The van der Waals surface area contributed by atoms with Crippen LogP contribution in [-0.4, -0.2) is 30.6 Å². The summed E-state index contributed by atoms with van der Waals surface area (Å²) >= 11 is 1.49. The third kappa shape index (κ3) is 3.79. The normalized spacial score (nSPS) is 13.6. The predicted molar refractivity (Wildman–Crippen MR) is 100 cm³/mol. The Balaban J connectivity index is 1.44. The van der Waals surface area contributed by atoms with Gasteiger partial charge in [0, 0.05) is 30.1 Å². The van der Waals surface area contributed by atoms with E-state index in [1.54, 1.807) is 12.3 Å². The van der Waals surface area contributed by atoms with Crippen molar-refractivity contribution < 1.29 is 9.23 Å². The first-order valence-corrected chi connectivity index (χ1v) is 9.21. The number of pyridine rings is 1. The zero-order valence-corrected chi connectivity index (χ0v) is 15.6. The van der Waals surface area contributed by atoms with Crippen LogP contribution >= 0.6 is 11.8 Å². The number of hydrogen-bond donors (Lipinski definition) is 1. The highest BCUT2D eigenvalue weighted by molar-refractivity contribution is 7.99. The Hall–Kier alpha value is -2.91. The molecule has 3 aromatic rings. The molecule has 1 aliphatic rings. The van der Waals surface area contributed by atoms with Gasteiger partial charge >= 0.3 is 0 Å². The summed E-state index contributed by atoms with van der Waals surface area (Å²) in [4.78, 5) is 9.71. The van der Waals surface area contributed by atoms with Crippen molar-refractivity contribution in [1.29, 1.82) is 0 Å². The summed E-state index contributed by atoms with van der Waals surface area (Å²) in [6.45, 7) is 1.93. The molecule has 0 fully saturated rings. The monoisotopic (exact) mass is 384 g/mol. The Morgan fingerprint density at radius 3 is 2.89 bits per heavy atom. The van der Waals surface area contributed by atoms with E-state index in [0.29, 0.717) is 17.3 Å². The van der Waals surface area contributed by atoms with E-state index in [9.17, 15) is 4.39 Å². The average molecular weight is 384 g/mol. The van der Waals surface area contributed by atoms with Gasteiger partial charge in [-0.1, -0.05) is 29.5 Å². The largest absolute Gasteiger partial charge is 0.387 e. The molecule has 0 saturated heterocycles. The first-order valence-electron chi connectivity index (χ1n) is 8.22. The molecule has 138 valence electrons. The quantitative estimate of drug-likeness (QED) is 0.678. The van der Waals surface area contributed by atoms with Gasteiger partial charge in [0.2, 0.25) is 0 Å². The summed E-state index contributed by atoms with van der Waals surface area (Å²) in [6.07, 6.45) is 3.63. The van der Waals surface area contributed by atoms with Crippen molar-refractivity contribution >= 4 is 17.5 Å². The molecule has 0 bridgehead atoms. The maximum atomic E-state index is 13.4. The van der Waals surface area contributed by atoms with Gasteiger partial charge in [0.25, 0.3) is 0 Å². The zero-order chi connectivity index (χ0) is 18.8. The van der Waals surface area contributed by atoms with E-state index in [1.807, 2.05) is 47.9 Å². The average Bonchev–Trinajstić information content (AvgIpc) is 3.27. The Morgan fingerprint density at radius 2 is 2.07 bits per heavy atom. The molecule has 2 aromatic heterocycles. The minimum Gasteiger partial charge on any atom is -0.387 e. The Morgan fingerprint density at radius 1 is 1.19 bits per heavy atom. The van der Waals surface area contributed by atoms with Gasteiger partial charge in [0.15, 0.2) is 16.7 Å². The molecule has 1 aliphatic heterocycles. The van der Waals surface area contributed by atoms with E-state index in [1.165, 1.54) is 23.9 Å². The number of nitrogens with zero attached hydrogens (tertiary/aromatic N) is 5. The fraction of sp³-hybridized carbons (Fsp3) is 0.167. The van der Waals surface area contributed by atoms with Crippen LogP contribution in [0.3, 0.4) is 0 Å². The number of thioether (sulfide) groups is 1. The zero-order valence-electron chi connectivity index (χ0n) is 14.8. The number of benzene rings is 1. The molecule has 0 spiro atoms. The second-order valence-electron chi connectivity index (χ2n) is 5.99. The summed E-state index contributed by atoms with van der Waals surface area (Å²) in [5, 5.41) is 10.9. The number of aryl methyl sites for hydroxylation is 1. The van der Waals surface area contributed by atoms with Crippen molar-refractivity contribution in [2.75, 3.05) is 5.88 Å². The second kappa shape index (κ2) is 7.37. The van der Waals surface area contributed by atoms with Gasteiger partial charge in [-0.15, -0.1) is 10.2 Å². The number of nitrogens with one attached hydrogen (secondary N) is 1. The van der Waals surface area contributed by atoms with Gasteiger partial charge in [-0.25, -0.2) is 4.39 Å². The minimum absolute atomic E-state index is 0.299. The Kier molecular flexibility index (Phi) is 4.78. The van der Waals surface area contributed by atoms with Crippen molar-refractivity contribution in [1.82, 2.24) is 30.3 Å². The molecule has 0 unspecified atom stereocenters. The van der Waals surface area contributed by atoms with Gasteiger partial charge in [0.05, 0.1) is 12.1 Å². The number of aromatic nitrogens is 4. The summed E-state index contributed by atoms with van der Waals surface area (Å²) in [6, 6.07) is 10.2. The third-order valence-electron chi connectivity index (χ3n) is 3.98. The van der Waals surface area contributed by atoms with Crippen LogP contribution < -0.4 is 5.59 Å². The van der Waals surface area contributed by atoms with Gasteiger partial charge in [0.1, 0.15) is 5.82 Å². The molecule has 0 aliphatic carbocycles. The van der Waals surface area contributed by atoms with Crippen molar-refractivity contribution in [3.05, 3.63) is 65.9 Å². The van der Waals surface area contributed by atoms with E-state index in [4.69, 9.17) is 4.84 Å². The van der Waals surface area contributed by atoms with Gasteiger partial charge in [-0.05, 0) is 31.2 Å². The molecule has 7 nitrogen and oxygen atoms in total. The van der Waals surface area contributed by atoms with Crippen LogP contribution in [0.2, 0.25) is 0 Å². The minimum atomic E-state index is -0.299. The first-order chi connectivity index (χ1) is 13.1. The summed E-state index contributed by atoms with van der Waals surface area (Å²) < 4.78 is 15.3. The molecular formula is C18H17FN6OS. The number of rotatable bonds is 5. The fourth-order valence-electron chi connectivity index (χ4n) is 2.64. The number of hydrogen-bond acceptors (Lipinski definition) is 7. The van der Waals surface area contributed by atoms with Crippen LogP contribution in [0.5, 0.6) is 0 Å². The van der Waals surface area contributed by atoms with Crippen LogP contribution in [0.1, 0.15) is 11.3 Å². The highest BCUT2D eigenvalue weighted by atomic mass is 32.2. The van der Waals surface area contributed by atoms with Crippen LogP contribution in [0.25, 0.3) is 17.1 Å². The predicted octanol–water partition coefficient (Wildman–Crippen LogP) is 3.12. The lowest BCUT2D eigenvalue weighted by Gasteiger charge is -2.12. The van der Waals surface area contributed by atoms with E-state index in [2.05, 4.69) is 20.8 Å². The van der Waals surface area contributed by atoms with E-state index >= 15 is 0 Å². The Bertz CT molecular complexity index is 1010. The van der Waals surface area contributed by atoms with Crippen LogP contribution in [0.15, 0.2) is 54.0 Å². The Labute approximate surface area is 159 Å². The lowest BCUT2D eigenvalue weighted by molar-refractivity contribution is 0.0607. The molecule has 0 radical (unpaired) electrons. The maximum Gasteiger partial charge on any atom is 0.193 e. The summed E-state index contributed by atoms with van der Waals surface area (Å²) in [7, 11) is 1.86. The second-order valence-corrected chi connectivity index (χ2v) is 6.90. The molecule has 9 heteroatoms. The highest BCUT2D eigenvalue weighted by Crippen LogP contribution is 2.25. The van der Waals surface area contributed by atoms with Crippen LogP contribution in [0, 0.1) is 12.7 Å². The molecule has 0 saturated carbocycles. The lowest BCUT2D eigenvalue weighted by Crippen LogP contribution is -2.27. The van der Waals surface area contributed by atoms with Crippen molar-refractivity contribution in [3.8, 4) is 11.4 Å². The van der Waals surface area contributed by atoms with E-state index in [0.717, 1.165) is 22.2 Å². The van der Waals surface area contributed by atoms with Crippen molar-refractivity contribution in [2.45, 2.75) is 12.1 Å². The fourth-order valence-corrected chi connectivity index (χ4v) is 3.41. The summed E-state index contributed by atoms with van der Waals surface area (Å²) in [5.41, 5.74) is 5.42. The van der Waals surface area contributed by atoms with E-state index in [-0.39, 0.29) is 5.82 Å².